The fraction of sp³-hybridized carbons (Fsp3) is 0.333. The van der Waals surface area contributed by atoms with Crippen LogP contribution in [0.15, 0.2) is 11.6 Å². The zero-order chi connectivity index (χ0) is 7.40. The molecule has 0 aliphatic heterocycles. The maximum atomic E-state index is 10.3. The second-order valence-corrected chi connectivity index (χ2v) is 2.87. The lowest BCUT2D eigenvalue weighted by atomic mass is 10.3. The molecule has 54 valence electrons. The first-order valence-corrected chi connectivity index (χ1v) is 3.83. The molecule has 0 radical (unpaired) electrons. The molecular weight excluding hydrogens is 148 g/mol. The molecule has 1 heterocycles. The van der Waals surface area contributed by atoms with Crippen molar-refractivity contribution < 1.29 is 4.79 Å². The molecule has 0 aromatic carbocycles. The van der Waals surface area contributed by atoms with Crippen LogP contribution in [0.1, 0.15) is 11.4 Å². The van der Waals surface area contributed by atoms with E-state index in [1.165, 1.54) is 0 Å². The van der Waals surface area contributed by atoms with Gasteiger partial charge in [0.2, 0.25) is 5.91 Å². The van der Waals surface area contributed by atoms with Crippen LogP contribution in [0.25, 0.3) is 0 Å². The number of nitrogens with zero attached hydrogens (tertiary/aromatic N) is 1. The number of hydrogen-bond acceptors (Lipinski definition) is 3. The van der Waals surface area contributed by atoms with Crippen molar-refractivity contribution in [1.29, 1.82) is 0 Å². The summed E-state index contributed by atoms with van der Waals surface area (Å²) in [5.74, 6) is -0.268. The Hall–Kier alpha value is -0.900. The molecule has 1 aromatic rings. The normalized spacial score (nSPS) is 9.60. The van der Waals surface area contributed by atoms with E-state index in [-0.39, 0.29) is 5.91 Å². The number of thiazole rings is 1. The summed E-state index contributed by atoms with van der Waals surface area (Å²) in [7, 11) is 0. The van der Waals surface area contributed by atoms with Crippen molar-refractivity contribution in [3.8, 4) is 0 Å². The van der Waals surface area contributed by atoms with Gasteiger partial charge in [-0.1, -0.05) is 0 Å². The number of primary amides is 1. The van der Waals surface area contributed by atoms with Crippen molar-refractivity contribution in [2.24, 2.45) is 5.73 Å². The first kappa shape index (κ1) is 7.21. The van der Waals surface area contributed by atoms with Gasteiger partial charge in [0, 0.05) is 24.4 Å². The van der Waals surface area contributed by atoms with Gasteiger partial charge in [0.1, 0.15) is 0 Å². The summed E-state index contributed by atoms with van der Waals surface area (Å²) in [5.41, 5.74) is 4.95. The Morgan fingerprint density at radius 3 is 3.10 bits per heavy atom. The summed E-state index contributed by atoms with van der Waals surface area (Å²) < 4.78 is 0. The average Bonchev–Trinajstić information content (AvgIpc) is 2.34. The maximum Gasteiger partial charge on any atom is 0.217 e. The fourth-order valence-corrected chi connectivity index (χ4v) is 1.23. The van der Waals surface area contributed by atoms with E-state index in [1.54, 1.807) is 17.5 Å². The van der Waals surface area contributed by atoms with Gasteiger partial charge in [-0.2, -0.15) is 0 Å². The molecule has 3 nitrogen and oxygen atoms in total. The molecule has 0 aliphatic rings. The second-order valence-electron chi connectivity index (χ2n) is 1.89. The highest BCUT2D eigenvalue weighted by molar-refractivity contribution is 7.09. The average molecular weight is 156 g/mol. The summed E-state index contributed by atoms with van der Waals surface area (Å²) in [6, 6.07) is 0. The van der Waals surface area contributed by atoms with Crippen molar-refractivity contribution in [3.63, 3.8) is 0 Å². The number of carbonyl (C=O) groups is 1. The van der Waals surface area contributed by atoms with Gasteiger partial charge in [0.25, 0.3) is 0 Å². The molecule has 0 saturated heterocycles. The van der Waals surface area contributed by atoms with Gasteiger partial charge in [-0.25, -0.2) is 4.98 Å². The zero-order valence-electron chi connectivity index (χ0n) is 5.41. The van der Waals surface area contributed by atoms with E-state index in [1.807, 2.05) is 5.38 Å². The van der Waals surface area contributed by atoms with E-state index in [2.05, 4.69) is 4.98 Å². The van der Waals surface area contributed by atoms with Crippen molar-refractivity contribution in [2.45, 2.75) is 12.8 Å². The lowest BCUT2D eigenvalue weighted by Crippen LogP contribution is -2.10. The molecule has 0 spiro atoms. The van der Waals surface area contributed by atoms with Crippen molar-refractivity contribution in [2.75, 3.05) is 0 Å². The van der Waals surface area contributed by atoms with Crippen LogP contribution < -0.4 is 5.73 Å². The molecule has 10 heavy (non-hydrogen) atoms. The number of aryl methyl sites for hydroxylation is 1. The fourth-order valence-electron chi connectivity index (χ4n) is 0.607. The Morgan fingerprint density at radius 2 is 2.60 bits per heavy atom. The van der Waals surface area contributed by atoms with Crippen molar-refractivity contribution in [1.82, 2.24) is 4.98 Å². The minimum absolute atomic E-state index is 0.268. The standard InChI is InChI=1S/C6H8N2OS/c7-5(9)1-2-6-8-3-4-10-6/h3-4H,1-2H2,(H2,7,9). The van der Waals surface area contributed by atoms with Crippen molar-refractivity contribution in [3.05, 3.63) is 16.6 Å². The van der Waals surface area contributed by atoms with Crippen LogP contribution in [-0.2, 0) is 11.2 Å². The Morgan fingerprint density at radius 1 is 1.80 bits per heavy atom. The molecule has 1 amide bonds. The monoisotopic (exact) mass is 156 g/mol. The molecule has 0 bridgehead atoms. The molecule has 0 fully saturated rings. The Balaban J connectivity index is 2.35. The first-order valence-electron chi connectivity index (χ1n) is 2.95. The second kappa shape index (κ2) is 3.31. The third-order valence-corrected chi connectivity index (χ3v) is 1.91. The maximum absolute atomic E-state index is 10.3. The highest BCUT2D eigenvalue weighted by Gasteiger charge is 1.97. The first-order chi connectivity index (χ1) is 4.79. The summed E-state index contributed by atoms with van der Waals surface area (Å²) in [5, 5.41) is 2.86. The number of nitrogens with two attached hydrogens (primary N) is 1. The molecule has 0 aliphatic carbocycles. The number of carbonyl (C=O) groups excluding carboxylic acids is 1. The molecule has 1 rings (SSSR count). The summed E-state index contributed by atoms with van der Waals surface area (Å²) in [6.45, 7) is 0. The van der Waals surface area contributed by atoms with Crippen LogP contribution in [0, 0.1) is 0 Å². The van der Waals surface area contributed by atoms with E-state index >= 15 is 0 Å². The third kappa shape index (κ3) is 2.14. The van der Waals surface area contributed by atoms with Gasteiger partial charge >= 0.3 is 0 Å². The number of amides is 1. The summed E-state index contributed by atoms with van der Waals surface area (Å²) in [6.07, 6.45) is 2.79. The van der Waals surface area contributed by atoms with Crippen LogP contribution in [0.5, 0.6) is 0 Å². The highest BCUT2D eigenvalue weighted by atomic mass is 32.1. The lowest BCUT2D eigenvalue weighted by Gasteiger charge is -1.89. The molecule has 0 saturated carbocycles. The number of hydrogen-bond donors (Lipinski definition) is 1. The van der Waals surface area contributed by atoms with Gasteiger partial charge in [0.15, 0.2) is 0 Å². The van der Waals surface area contributed by atoms with Crippen LogP contribution >= 0.6 is 11.3 Å². The lowest BCUT2D eigenvalue weighted by molar-refractivity contribution is -0.117. The van der Waals surface area contributed by atoms with Gasteiger partial charge in [-0.05, 0) is 0 Å². The molecule has 4 heteroatoms. The summed E-state index contributed by atoms with van der Waals surface area (Å²) >= 11 is 1.55. The number of aromatic nitrogens is 1. The number of rotatable bonds is 3. The van der Waals surface area contributed by atoms with E-state index < -0.39 is 0 Å². The summed E-state index contributed by atoms with van der Waals surface area (Å²) in [4.78, 5) is 14.3. The molecule has 0 unspecified atom stereocenters. The zero-order valence-corrected chi connectivity index (χ0v) is 6.23. The van der Waals surface area contributed by atoms with Crippen LogP contribution in [0.2, 0.25) is 0 Å². The highest BCUT2D eigenvalue weighted by Crippen LogP contribution is 2.05. The third-order valence-electron chi connectivity index (χ3n) is 1.07. The SMILES string of the molecule is NC(=O)CCc1nccs1. The minimum Gasteiger partial charge on any atom is -0.370 e. The van der Waals surface area contributed by atoms with E-state index in [0.717, 1.165) is 5.01 Å². The van der Waals surface area contributed by atoms with Gasteiger partial charge in [-0.15, -0.1) is 11.3 Å². The van der Waals surface area contributed by atoms with E-state index in [9.17, 15) is 4.79 Å². The predicted molar refractivity (Wildman–Crippen MR) is 39.6 cm³/mol. The molecular formula is C6H8N2OS. The van der Waals surface area contributed by atoms with Gasteiger partial charge < -0.3 is 5.73 Å². The van der Waals surface area contributed by atoms with Gasteiger partial charge in [0.05, 0.1) is 5.01 Å². The van der Waals surface area contributed by atoms with Crippen LogP contribution in [0.4, 0.5) is 0 Å². The minimum atomic E-state index is -0.268. The Bertz CT molecular complexity index is 208. The Kier molecular flexibility index (Phi) is 2.39. The van der Waals surface area contributed by atoms with E-state index in [4.69, 9.17) is 5.73 Å². The predicted octanol–water partition coefficient (Wildman–Crippen LogP) is 0.561. The topological polar surface area (TPSA) is 56.0 Å². The molecule has 2 N–H and O–H groups in total. The molecule has 0 atom stereocenters. The van der Waals surface area contributed by atoms with Crippen LogP contribution in [-0.4, -0.2) is 10.9 Å². The smallest absolute Gasteiger partial charge is 0.217 e. The van der Waals surface area contributed by atoms with Gasteiger partial charge in [-0.3, -0.25) is 4.79 Å². The quantitative estimate of drug-likeness (QED) is 0.695. The van der Waals surface area contributed by atoms with Crippen LogP contribution in [0.3, 0.4) is 0 Å². The molecule has 1 aromatic heterocycles. The van der Waals surface area contributed by atoms with Crippen molar-refractivity contribution >= 4 is 17.2 Å². The largest absolute Gasteiger partial charge is 0.370 e. The Labute approximate surface area is 62.9 Å². The van der Waals surface area contributed by atoms with E-state index in [0.29, 0.717) is 12.8 Å².